The number of pyridine rings is 1. The average molecular weight is 661 g/mol. The molecule has 2 heterocycles. The van der Waals surface area contributed by atoms with Crippen molar-refractivity contribution in [3.05, 3.63) is 129 Å². The summed E-state index contributed by atoms with van der Waals surface area (Å²) in [5, 5.41) is 22.8. The molecule has 12 nitrogen and oxygen atoms in total. The Hall–Kier alpha value is -5.60. The number of carbonyl (C=O) groups is 3. The van der Waals surface area contributed by atoms with Gasteiger partial charge >= 0.3 is 12.1 Å². The molecule has 0 saturated heterocycles. The molecule has 0 bridgehead atoms. The molecule has 2 unspecified atom stereocenters. The molecule has 14 heteroatoms. The molecular weight excluding hydrogens is 626 g/mol. The van der Waals surface area contributed by atoms with E-state index >= 15 is 8.78 Å². The monoisotopic (exact) mass is 660 g/mol. The molecule has 250 valence electrons. The van der Waals surface area contributed by atoms with Gasteiger partial charge in [-0.2, -0.15) is 0 Å². The zero-order valence-electron chi connectivity index (χ0n) is 25.7. The second kappa shape index (κ2) is 15.8. The molecule has 2 atom stereocenters. The molecule has 48 heavy (non-hydrogen) atoms. The third-order valence-electron chi connectivity index (χ3n) is 7.65. The van der Waals surface area contributed by atoms with E-state index in [0.29, 0.717) is 18.5 Å². The molecule has 6 N–H and O–H groups in total. The SMILES string of the molecule is O=C(NC(CNC(=O)c1cn(CCc2ccccc2)c2c(F)c(CNC3NC=CCN3)c(F)cc2c1=O)C(=O)O)OCc1ccccc1. The van der Waals surface area contributed by atoms with Crippen LogP contribution in [0.15, 0.2) is 90.0 Å². The lowest BCUT2D eigenvalue weighted by molar-refractivity contribution is -0.139. The summed E-state index contributed by atoms with van der Waals surface area (Å²) in [7, 11) is 0. The number of alkyl carbamates (subject to hydrolysis) is 1. The van der Waals surface area contributed by atoms with Crippen LogP contribution in [0.2, 0.25) is 0 Å². The van der Waals surface area contributed by atoms with Crippen LogP contribution < -0.4 is 32.0 Å². The number of hydrogen-bond acceptors (Lipinski definition) is 8. The minimum absolute atomic E-state index is 0.110. The number of halogens is 2. The van der Waals surface area contributed by atoms with Gasteiger partial charge in [-0.1, -0.05) is 66.7 Å². The number of rotatable bonds is 13. The molecule has 2 amide bonds. The second-order valence-electron chi connectivity index (χ2n) is 10.9. The maximum absolute atomic E-state index is 16.1. The van der Waals surface area contributed by atoms with Crippen molar-refractivity contribution >= 4 is 28.9 Å². The number of benzene rings is 3. The van der Waals surface area contributed by atoms with Crippen molar-refractivity contribution in [1.82, 2.24) is 31.2 Å². The summed E-state index contributed by atoms with van der Waals surface area (Å²) in [6.45, 7) is -0.250. The highest BCUT2D eigenvalue weighted by atomic mass is 19.1. The number of amides is 2. The highest BCUT2D eigenvalue weighted by molar-refractivity contribution is 5.98. The zero-order chi connectivity index (χ0) is 34.0. The Morgan fingerprint density at radius 2 is 1.75 bits per heavy atom. The highest BCUT2D eigenvalue weighted by Crippen LogP contribution is 2.24. The Balaban J connectivity index is 1.38. The van der Waals surface area contributed by atoms with Gasteiger partial charge in [0.1, 0.15) is 30.3 Å². The lowest BCUT2D eigenvalue weighted by Gasteiger charge is -2.23. The van der Waals surface area contributed by atoms with E-state index in [1.54, 1.807) is 36.5 Å². The van der Waals surface area contributed by atoms with E-state index in [4.69, 9.17) is 4.74 Å². The first-order chi connectivity index (χ1) is 23.2. The number of nitrogens with one attached hydrogen (secondary N) is 5. The normalized spacial score (nSPS) is 14.6. The predicted molar refractivity (Wildman–Crippen MR) is 173 cm³/mol. The Kier molecular flexibility index (Phi) is 11.1. The second-order valence-corrected chi connectivity index (χ2v) is 10.9. The topological polar surface area (TPSA) is 163 Å². The average Bonchev–Trinajstić information content (AvgIpc) is 3.10. The summed E-state index contributed by atoms with van der Waals surface area (Å²) in [6.07, 6.45) is 3.65. The van der Waals surface area contributed by atoms with Crippen molar-refractivity contribution in [2.45, 2.75) is 38.4 Å². The first kappa shape index (κ1) is 33.8. The van der Waals surface area contributed by atoms with Gasteiger partial charge in [-0.25, -0.2) is 18.4 Å². The lowest BCUT2D eigenvalue weighted by atomic mass is 10.0. The van der Waals surface area contributed by atoms with Crippen molar-refractivity contribution in [2.75, 3.05) is 13.1 Å². The number of hydrogen-bond donors (Lipinski definition) is 6. The standard InChI is InChI=1S/C34H34F2N6O6/c35-26-16-23-29(28(36)24(26)17-40-33-37-13-7-14-38-33)42(15-12-21-8-3-1-4-9-21)19-25(30(23)43)31(44)39-18-27(32(45)46)41-34(47)48-20-22-10-5-2-6-11-22/h1-11,13,16,19,27,33,37-38,40H,12,14-15,17-18,20H2,(H,39,44)(H,41,47)(H,45,46). The number of aliphatic carboxylic acids is 1. The molecule has 1 aliphatic rings. The minimum atomic E-state index is -1.61. The maximum Gasteiger partial charge on any atom is 0.408 e. The Morgan fingerprint density at radius 1 is 1.04 bits per heavy atom. The Labute approximate surface area is 273 Å². The van der Waals surface area contributed by atoms with Gasteiger partial charge in [0.05, 0.1) is 10.9 Å². The van der Waals surface area contributed by atoms with Crippen molar-refractivity contribution in [3.63, 3.8) is 0 Å². The van der Waals surface area contributed by atoms with E-state index in [2.05, 4.69) is 26.6 Å². The molecular formula is C34H34F2N6O6. The van der Waals surface area contributed by atoms with Gasteiger partial charge < -0.3 is 30.4 Å². The van der Waals surface area contributed by atoms with Gasteiger partial charge in [-0.05, 0) is 29.8 Å². The van der Waals surface area contributed by atoms with Gasteiger partial charge in [-0.3, -0.25) is 20.2 Å². The summed E-state index contributed by atoms with van der Waals surface area (Å²) in [5.41, 5.74) is -0.296. The molecule has 5 rings (SSSR count). The third-order valence-corrected chi connectivity index (χ3v) is 7.65. The number of carbonyl (C=O) groups excluding carboxylic acids is 2. The molecule has 1 aliphatic heterocycles. The first-order valence-corrected chi connectivity index (χ1v) is 15.1. The molecule has 0 radical (unpaired) electrons. The maximum atomic E-state index is 16.1. The first-order valence-electron chi connectivity index (χ1n) is 15.1. The fraction of sp³-hybridized carbons (Fsp3) is 0.235. The smallest absolute Gasteiger partial charge is 0.408 e. The molecule has 0 fully saturated rings. The van der Waals surface area contributed by atoms with E-state index in [1.807, 2.05) is 36.4 Å². The van der Waals surface area contributed by atoms with Gasteiger partial charge in [0.2, 0.25) is 5.43 Å². The predicted octanol–water partition coefficient (Wildman–Crippen LogP) is 2.71. The van der Waals surface area contributed by atoms with Crippen molar-refractivity contribution in [1.29, 1.82) is 0 Å². The van der Waals surface area contributed by atoms with Crippen LogP contribution in [0.3, 0.4) is 0 Å². The highest BCUT2D eigenvalue weighted by Gasteiger charge is 2.25. The van der Waals surface area contributed by atoms with Gasteiger partial charge in [0.15, 0.2) is 5.82 Å². The summed E-state index contributed by atoms with van der Waals surface area (Å²) in [6, 6.07) is 17.3. The van der Waals surface area contributed by atoms with E-state index in [0.717, 1.165) is 11.6 Å². The molecule has 0 spiro atoms. The van der Waals surface area contributed by atoms with E-state index < -0.39 is 59.5 Å². The quantitative estimate of drug-likeness (QED) is 0.127. The van der Waals surface area contributed by atoms with E-state index in [9.17, 15) is 24.3 Å². The summed E-state index contributed by atoms with van der Waals surface area (Å²) < 4.78 is 37.9. The van der Waals surface area contributed by atoms with Crippen LogP contribution >= 0.6 is 0 Å². The van der Waals surface area contributed by atoms with Gasteiger partial charge in [0.25, 0.3) is 5.91 Å². The molecule has 3 aromatic carbocycles. The van der Waals surface area contributed by atoms with Crippen LogP contribution in [0.1, 0.15) is 27.0 Å². The van der Waals surface area contributed by atoms with Crippen molar-refractivity contribution < 1.29 is 33.0 Å². The molecule has 1 aromatic heterocycles. The van der Waals surface area contributed by atoms with Gasteiger partial charge in [0, 0.05) is 37.9 Å². The van der Waals surface area contributed by atoms with E-state index in [-0.39, 0.29) is 36.2 Å². The van der Waals surface area contributed by atoms with Crippen LogP contribution in [-0.4, -0.2) is 53.1 Å². The number of aryl methyl sites for hydroxylation is 2. The number of ether oxygens (including phenoxy) is 1. The molecule has 4 aromatic rings. The number of carboxylic acid groups (broad SMARTS) is 1. The van der Waals surface area contributed by atoms with Crippen LogP contribution in [0.25, 0.3) is 10.9 Å². The van der Waals surface area contributed by atoms with Crippen LogP contribution in [0.5, 0.6) is 0 Å². The van der Waals surface area contributed by atoms with Crippen molar-refractivity contribution in [3.8, 4) is 0 Å². The van der Waals surface area contributed by atoms with E-state index in [1.165, 1.54) is 10.8 Å². The number of nitrogens with zero attached hydrogens (tertiary/aromatic N) is 1. The van der Waals surface area contributed by atoms with Crippen LogP contribution in [0, 0.1) is 11.6 Å². The minimum Gasteiger partial charge on any atom is -0.480 e. The summed E-state index contributed by atoms with van der Waals surface area (Å²) in [5.74, 6) is -4.39. The van der Waals surface area contributed by atoms with Crippen molar-refractivity contribution in [2.24, 2.45) is 0 Å². The lowest BCUT2D eigenvalue weighted by Crippen LogP contribution is -2.52. The number of fused-ring (bicyclic) bond motifs is 1. The molecule has 0 saturated carbocycles. The molecule has 0 aliphatic carbocycles. The zero-order valence-corrected chi connectivity index (χ0v) is 25.7. The third kappa shape index (κ3) is 8.40. The largest absolute Gasteiger partial charge is 0.480 e. The fourth-order valence-corrected chi connectivity index (χ4v) is 5.12. The number of carboxylic acids is 1. The summed E-state index contributed by atoms with van der Waals surface area (Å²) >= 11 is 0. The van der Waals surface area contributed by atoms with Crippen LogP contribution in [-0.2, 0) is 35.6 Å². The Morgan fingerprint density at radius 3 is 2.42 bits per heavy atom. The Bertz CT molecular complexity index is 1870. The number of aromatic nitrogens is 1. The summed E-state index contributed by atoms with van der Waals surface area (Å²) in [4.78, 5) is 50.9. The van der Waals surface area contributed by atoms with Gasteiger partial charge in [-0.15, -0.1) is 0 Å². The fourth-order valence-electron chi connectivity index (χ4n) is 5.12. The van der Waals surface area contributed by atoms with Crippen LogP contribution in [0.4, 0.5) is 13.6 Å².